The average Bonchev–Trinajstić information content (AvgIpc) is 2.42. The van der Waals surface area contributed by atoms with Crippen LogP contribution in [0.5, 0.6) is 0 Å². The van der Waals surface area contributed by atoms with Crippen molar-refractivity contribution in [2.75, 3.05) is 26.7 Å². The van der Waals surface area contributed by atoms with Gasteiger partial charge < -0.3 is 10.6 Å². The van der Waals surface area contributed by atoms with Crippen LogP contribution in [-0.2, 0) is 0 Å². The van der Waals surface area contributed by atoms with Crippen LogP contribution < -0.4 is 10.6 Å². The summed E-state index contributed by atoms with van der Waals surface area (Å²) < 4.78 is 0. The van der Waals surface area contributed by atoms with Crippen molar-refractivity contribution in [1.82, 2.24) is 10.6 Å². The van der Waals surface area contributed by atoms with Crippen LogP contribution in [0, 0.1) is 5.41 Å². The molecule has 1 aliphatic heterocycles. The van der Waals surface area contributed by atoms with Crippen molar-refractivity contribution >= 4 is 0 Å². The van der Waals surface area contributed by atoms with E-state index in [9.17, 15) is 0 Å². The smallest absolute Gasteiger partial charge is 0.00436 e. The zero-order valence-electron chi connectivity index (χ0n) is 12.4. The first kappa shape index (κ1) is 18.3. The van der Waals surface area contributed by atoms with Crippen molar-refractivity contribution in [2.45, 2.75) is 60.3 Å². The maximum absolute atomic E-state index is 3.43. The van der Waals surface area contributed by atoms with Crippen LogP contribution in [0.4, 0.5) is 0 Å². The lowest BCUT2D eigenvalue weighted by molar-refractivity contribution is 0.176. The van der Waals surface area contributed by atoms with Gasteiger partial charge in [0.25, 0.3) is 0 Å². The van der Waals surface area contributed by atoms with Crippen LogP contribution in [0.25, 0.3) is 0 Å². The van der Waals surface area contributed by atoms with Gasteiger partial charge in [-0.2, -0.15) is 0 Å². The monoisotopic (exact) mass is 230 g/mol. The molecule has 2 N–H and O–H groups in total. The summed E-state index contributed by atoms with van der Waals surface area (Å²) in [4.78, 5) is 0. The van der Waals surface area contributed by atoms with E-state index in [-0.39, 0.29) is 0 Å². The minimum atomic E-state index is 0.647. The summed E-state index contributed by atoms with van der Waals surface area (Å²) in [5.74, 6) is 0. The third kappa shape index (κ3) is 7.24. The van der Waals surface area contributed by atoms with Crippen LogP contribution in [0.15, 0.2) is 0 Å². The Balaban J connectivity index is 0. The van der Waals surface area contributed by atoms with E-state index in [0.717, 1.165) is 0 Å². The van der Waals surface area contributed by atoms with Gasteiger partial charge in [-0.1, -0.05) is 41.0 Å². The number of rotatable bonds is 4. The molecule has 0 unspecified atom stereocenters. The molecule has 1 rings (SSSR count). The van der Waals surface area contributed by atoms with E-state index in [1.54, 1.807) is 0 Å². The maximum atomic E-state index is 3.43. The van der Waals surface area contributed by atoms with Crippen LogP contribution in [0.3, 0.4) is 0 Å². The highest BCUT2D eigenvalue weighted by molar-refractivity contribution is 4.83. The van der Waals surface area contributed by atoms with Crippen LogP contribution in [0.1, 0.15) is 60.3 Å². The van der Waals surface area contributed by atoms with Crippen LogP contribution in [0.2, 0.25) is 0 Å². The number of hydrogen-bond donors (Lipinski definition) is 2. The molecule has 0 bridgehead atoms. The van der Waals surface area contributed by atoms with Crippen LogP contribution in [-0.4, -0.2) is 26.7 Å². The van der Waals surface area contributed by atoms with Crippen LogP contribution >= 0.6 is 0 Å². The Morgan fingerprint density at radius 1 is 1.06 bits per heavy atom. The molecule has 2 heteroatoms. The Hall–Kier alpha value is -0.0800. The largest absolute Gasteiger partial charge is 0.320 e. The lowest BCUT2D eigenvalue weighted by Crippen LogP contribution is -2.37. The molecule has 0 amide bonds. The number of hydrogen-bond acceptors (Lipinski definition) is 2. The second-order valence-corrected chi connectivity index (χ2v) is 3.96. The molecule has 0 aromatic heterocycles. The quantitative estimate of drug-likeness (QED) is 0.773. The van der Waals surface area contributed by atoms with Gasteiger partial charge in [0.15, 0.2) is 0 Å². The summed E-state index contributed by atoms with van der Waals surface area (Å²) >= 11 is 0. The summed E-state index contributed by atoms with van der Waals surface area (Å²) in [7, 11) is 2.05. The van der Waals surface area contributed by atoms with E-state index >= 15 is 0 Å². The Bertz CT molecular complexity index is 118. The Morgan fingerprint density at radius 3 is 1.94 bits per heavy atom. The third-order valence-electron chi connectivity index (χ3n) is 3.32. The van der Waals surface area contributed by atoms with E-state index in [4.69, 9.17) is 0 Å². The van der Waals surface area contributed by atoms with Gasteiger partial charge >= 0.3 is 0 Å². The summed E-state index contributed by atoms with van der Waals surface area (Å²) in [6.07, 6.45) is 5.42. The van der Waals surface area contributed by atoms with E-state index in [0.29, 0.717) is 5.41 Å². The summed E-state index contributed by atoms with van der Waals surface area (Å²) in [5.41, 5.74) is 0.647. The SMILES string of the molecule is CC.CC.CCC1(CCNC)CCNCC1. The van der Waals surface area contributed by atoms with E-state index in [1.807, 2.05) is 34.7 Å². The van der Waals surface area contributed by atoms with Crippen molar-refractivity contribution in [3.63, 3.8) is 0 Å². The van der Waals surface area contributed by atoms with Crippen molar-refractivity contribution in [1.29, 1.82) is 0 Å². The van der Waals surface area contributed by atoms with E-state index in [1.165, 1.54) is 45.3 Å². The molecule has 1 aliphatic rings. The van der Waals surface area contributed by atoms with Gasteiger partial charge in [0.05, 0.1) is 0 Å². The molecule has 0 radical (unpaired) electrons. The number of piperidine rings is 1. The van der Waals surface area contributed by atoms with E-state index in [2.05, 4.69) is 17.6 Å². The predicted octanol–water partition coefficient (Wildman–Crippen LogP) is 3.43. The maximum Gasteiger partial charge on any atom is -0.00436 e. The molecular formula is C14H34N2. The fourth-order valence-electron chi connectivity index (χ4n) is 2.13. The second kappa shape index (κ2) is 13.0. The first-order valence-corrected chi connectivity index (χ1v) is 7.18. The minimum absolute atomic E-state index is 0.647. The summed E-state index contributed by atoms with van der Waals surface area (Å²) in [5, 5.41) is 6.68. The predicted molar refractivity (Wildman–Crippen MR) is 76.1 cm³/mol. The Morgan fingerprint density at radius 2 is 1.56 bits per heavy atom. The van der Waals surface area contributed by atoms with Gasteiger partial charge in [0.2, 0.25) is 0 Å². The fourth-order valence-corrected chi connectivity index (χ4v) is 2.13. The minimum Gasteiger partial charge on any atom is -0.320 e. The molecule has 100 valence electrons. The molecule has 0 atom stereocenters. The van der Waals surface area contributed by atoms with Crippen molar-refractivity contribution in [3.05, 3.63) is 0 Å². The summed E-state index contributed by atoms with van der Waals surface area (Å²) in [6.45, 7) is 13.9. The third-order valence-corrected chi connectivity index (χ3v) is 3.32. The first-order valence-electron chi connectivity index (χ1n) is 7.18. The van der Waals surface area contributed by atoms with Gasteiger partial charge in [0.1, 0.15) is 0 Å². The molecule has 1 saturated heterocycles. The number of nitrogens with one attached hydrogen (secondary N) is 2. The highest BCUT2D eigenvalue weighted by Crippen LogP contribution is 2.35. The van der Waals surface area contributed by atoms with Crippen molar-refractivity contribution in [3.8, 4) is 0 Å². The van der Waals surface area contributed by atoms with E-state index < -0.39 is 0 Å². The van der Waals surface area contributed by atoms with Gasteiger partial charge in [0, 0.05) is 0 Å². The highest BCUT2D eigenvalue weighted by atomic mass is 14.9. The Kier molecular flexibility index (Phi) is 14.8. The molecule has 0 aliphatic carbocycles. The molecule has 1 fully saturated rings. The summed E-state index contributed by atoms with van der Waals surface area (Å²) in [6, 6.07) is 0. The fraction of sp³-hybridized carbons (Fsp3) is 1.00. The lowest BCUT2D eigenvalue weighted by Gasteiger charge is -2.37. The molecule has 16 heavy (non-hydrogen) atoms. The Labute approximate surface area is 104 Å². The second-order valence-electron chi connectivity index (χ2n) is 3.96. The molecule has 0 aromatic carbocycles. The molecule has 2 nitrogen and oxygen atoms in total. The lowest BCUT2D eigenvalue weighted by atomic mass is 9.74. The average molecular weight is 230 g/mol. The highest BCUT2D eigenvalue weighted by Gasteiger charge is 2.28. The zero-order valence-corrected chi connectivity index (χ0v) is 12.4. The van der Waals surface area contributed by atoms with Crippen molar-refractivity contribution < 1.29 is 0 Å². The van der Waals surface area contributed by atoms with Gasteiger partial charge in [-0.25, -0.2) is 0 Å². The molecule has 0 aromatic rings. The molecule has 0 spiro atoms. The first-order chi connectivity index (χ1) is 7.83. The van der Waals surface area contributed by atoms with Crippen molar-refractivity contribution in [2.24, 2.45) is 5.41 Å². The standard InChI is InChI=1S/C10H22N2.2C2H6/c1-3-10(4-7-11-2)5-8-12-9-6-10;2*1-2/h11-12H,3-9H2,1-2H3;2*1-2H3. The molecule has 1 heterocycles. The normalized spacial score (nSPS) is 17.6. The van der Waals surface area contributed by atoms with Gasteiger partial charge in [-0.3, -0.25) is 0 Å². The van der Waals surface area contributed by atoms with Gasteiger partial charge in [-0.15, -0.1) is 0 Å². The molecular weight excluding hydrogens is 196 g/mol. The van der Waals surface area contributed by atoms with Gasteiger partial charge in [-0.05, 0) is 51.4 Å². The zero-order chi connectivity index (χ0) is 12.9. The molecule has 0 saturated carbocycles. The topological polar surface area (TPSA) is 24.1 Å².